The van der Waals surface area contributed by atoms with Crippen LogP contribution in [-0.2, 0) is 9.47 Å². The van der Waals surface area contributed by atoms with Crippen molar-refractivity contribution in [2.45, 2.75) is 40.0 Å². The van der Waals surface area contributed by atoms with Gasteiger partial charge in [-0.1, -0.05) is 27.2 Å². The summed E-state index contributed by atoms with van der Waals surface area (Å²) in [5.74, 6) is 0.750. The SMILES string of the molecule is CCC(C)CC(CC)(COC)COC. The second-order valence-corrected chi connectivity index (χ2v) is 4.44. The molecule has 0 rings (SSSR count). The molecular weight excluding hydrogens is 176 g/mol. The van der Waals surface area contributed by atoms with Gasteiger partial charge in [-0.2, -0.15) is 0 Å². The quantitative estimate of drug-likeness (QED) is 0.602. The highest BCUT2D eigenvalue weighted by Crippen LogP contribution is 2.32. The van der Waals surface area contributed by atoms with Gasteiger partial charge in [-0.15, -0.1) is 0 Å². The number of methoxy groups -OCH3 is 2. The molecule has 1 unspecified atom stereocenters. The van der Waals surface area contributed by atoms with Gasteiger partial charge in [0.2, 0.25) is 0 Å². The summed E-state index contributed by atoms with van der Waals surface area (Å²) in [6.45, 7) is 8.38. The molecular formula is C12H26O2. The third-order valence-corrected chi connectivity index (χ3v) is 3.13. The minimum atomic E-state index is 0.221. The first kappa shape index (κ1) is 13.9. The van der Waals surface area contributed by atoms with E-state index in [2.05, 4.69) is 20.8 Å². The Labute approximate surface area is 89.0 Å². The molecule has 14 heavy (non-hydrogen) atoms. The first-order valence-electron chi connectivity index (χ1n) is 5.62. The van der Waals surface area contributed by atoms with Crippen LogP contribution in [0.2, 0.25) is 0 Å². The van der Waals surface area contributed by atoms with Crippen molar-refractivity contribution in [2.24, 2.45) is 11.3 Å². The van der Waals surface area contributed by atoms with Crippen LogP contribution in [0.4, 0.5) is 0 Å². The molecule has 0 spiro atoms. The smallest absolute Gasteiger partial charge is 0.0540 e. The maximum atomic E-state index is 5.32. The molecule has 0 saturated carbocycles. The van der Waals surface area contributed by atoms with Crippen molar-refractivity contribution < 1.29 is 9.47 Å². The number of rotatable bonds is 8. The summed E-state index contributed by atoms with van der Waals surface area (Å²) in [4.78, 5) is 0. The van der Waals surface area contributed by atoms with Gasteiger partial charge >= 0.3 is 0 Å². The third kappa shape index (κ3) is 4.43. The van der Waals surface area contributed by atoms with Gasteiger partial charge in [0.1, 0.15) is 0 Å². The van der Waals surface area contributed by atoms with Crippen molar-refractivity contribution in [1.82, 2.24) is 0 Å². The van der Waals surface area contributed by atoms with Gasteiger partial charge in [0.15, 0.2) is 0 Å². The van der Waals surface area contributed by atoms with Crippen molar-refractivity contribution in [2.75, 3.05) is 27.4 Å². The topological polar surface area (TPSA) is 18.5 Å². The minimum Gasteiger partial charge on any atom is -0.384 e. The van der Waals surface area contributed by atoms with Crippen LogP contribution in [0.3, 0.4) is 0 Å². The molecule has 0 amide bonds. The third-order valence-electron chi connectivity index (χ3n) is 3.13. The van der Waals surface area contributed by atoms with E-state index in [0.717, 1.165) is 25.6 Å². The fourth-order valence-electron chi connectivity index (χ4n) is 2.00. The van der Waals surface area contributed by atoms with E-state index in [4.69, 9.17) is 9.47 Å². The van der Waals surface area contributed by atoms with Crippen molar-refractivity contribution in [3.05, 3.63) is 0 Å². The van der Waals surface area contributed by atoms with E-state index in [0.29, 0.717) is 0 Å². The van der Waals surface area contributed by atoms with E-state index in [1.165, 1.54) is 12.8 Å². The summed E-state index contributed by atoms with van der Waals surface area (Å²) in [7, 11) is 3.55. The van der Waals surface area contributed by atoms with E-state index in [-0.39, 0.29) is 5.41 Å². The molecule has 2 nitrogen and oxygen atoms in total. The van der Waals surface area contributed by atoms with Crippen LogP contribution in [0.25, 0.3) is 0 Å². The predicted molar refractivity (Wildman–Crippen MR) is 60.5 cm³/mol. The highest BCUT2D eigenvalue weighted by atomic mass is 16.5. The molecule has 0 fully saturated rings. The van der Waals surface area contributed by atoms with Crippen molar-refractivity contribution in [3.63, 3.8) is 0 Å². The zero-order chi connectivity index (χ0) is 11.0. The molecule has 0 heterocycles. The maximum Gasteiger partial charge on any atom is 0.0540 e. The molecule has 0 bridgehead atoms. The fraction of sp³-hybridized carbons (Fsp3) is 1.00. The van der Waals surface area contributed by atoms with Gasteiger partial charge in [0.05, 0.1) is 13.2 Å². The van der Waals surface area contributed by atoms with E-state index < -0.39 is 0 Å². The Kier molecular flexibility index (Phi) is 7.20. The molecule has 0 radical (unpaired) electrons. The number of ether oxygens (including phenoxy) is 2. The Morgan fingerprint density at radius 1 is 1.07 bits per heavy atom. The number of hydrogen-bond acceptors (Lipinski definition) is 2. The van der Waals surface area contributed by atoms with Gasteiger partial charge in [-0.05, 0) is 18.8 Å². The summed E-state index contributed by atoms with van der Waals surface area (Å²) >= 11 is 0. The summed E-state index contributed by atoms with van der Waals surface area (Å²) in [5, 5.41) is 0. The Morgan fingerprint density at radius 3 is 1.86 bits per heavy atom. The summed E-state index contributed by atoms with van der Waals surface area (Å²) in [6, 6.07) is 0. The zero-order valence-corrected chi connectivity index (χ0v) is 10.4. The summed E-state index contributed by atoms with van der Waals surface area (Å²) in [5.41, 5.74) is 0.221. The van der Waals surface area contributed by atoms with Gasteiger partial charge < -0.3 is 9.47 Å². The molecule has 0 aromatic rings. The maximum absolute atomic E-state index is 5.32. The molecule has 0 saturated heterocycles. The lowest BCUT2D eigenvalue weighted by atomic mass is 9.78. The van der Waals surface area contributed by atoms with Crippen LogP contribution in [0.5, 0.6) is 0 Å². The Morgan fingerprint density at radius 2 is 1.57 bits per heavy atom. The Balaban J connectivity index is 4.31. The molecule has 0 aromatic carbocycles. The van der Waals surface area contributed by atoms with Crippen LogP contribution in [0.1, 0.15) is 40.0 Å². The van der Waals surface area contributed by atoms with Crippen LogP contribution in [-0.4, -0.2) is 27.4 Å². The van der Waals surface area contributed by atoms with Gasteiger partial charge in [0, 0.05) is 19.6 Å². The average molecular weight is 202 g/mol. The Hall–Kier alpha value is -0.0800. The normalized spacial score (nSPS) is 14.4. The molecule has 2 heteroatoms. The van der Waals surface area contributed by atoms with E-state index in [1.54, 1.807) is 14.2 Å². The standard InChI is InChI=1S/C12H26O2/c1-6-11(3)8-12(7-2,9-13-4)10-14-5/h11H,6-10H2,1-5H3. The van der Waals surface area contributed by atoms with E-state index >= 15 is 0 Å². The Bertz CT molecular complexity index is 128. The lowest BCUT2D eigenvalue weighted by Crippen LogP contribution is -2.33. The summed E-state index contributed by atoms with van der Waals surface area (Å²) in [6.07, 6.45) is 3.55. The molecule has 0 N–H and O–H groups in total. The second-order valence-electron chi connectivity index (χ2n) is 4.44. The first-order chi connectivity index (χ1) is 6.64. The first-order valence-corrected chi connectivity index (χ1v) is 5.62. The molecule has 1 atom stereocenters. The van der Waals surface area contributed by atoms with Crippen LogP contribution in [0.15, 0.2) is 0 Å². The van der Waals surface area contributed by atoms with Gasteiger partial charge in [-0.3, -0.25) is 0 Å². The van der Waals surface area contributed by atoms with Crippen molar-refractivity contribution in [3.8, 4) is 0 Å². The van der Waals surface area contributed by atoms with Crippen LogP contribution in [0, 0.1) is 11.3 Å². The number of hydrogen-bond donors (Lipinski definition) is 0. The van der Waals surface area contributed by atoms with Crippen LogP contribution < -0.4 is 0 Å². The van der Waals surface area contributed by atoms with E-state index in [9.17, 15) is 0 Å². The molecule has 86 valence electrons. The molecule has 0 aliphatic carbocycles. The molecule has 0 aliphatic rings. The van der Waals surface area contributed by atoms with Crippen LogP contribution >= 0.6 is 0 Å². The lowest BCUT2D eigenvalue weighted by Gasteiger charge is -2.33. The van der Waals surface area contributed by atoms with E-state index in [1.807, 2.05) is 0 Å². The van der Waals surface area contributed by atoms with Gasteiger partial charge in [-0.25, -0.2) is 0 Å². The molecule has 0 aromatic heterocycles. The predicted octanol–water partition coefficient (Wildman–Crippen LogP) is 3.11. The second kappa shape index (κ2) is 7.24. The highest BCUT2D eigenvalue weighted by molar-refractivity contribution is 4.79. The average Bonchev–Trinajstić information content (AvgIpc) is 2.18. The minimum absolute atomic E-state index is 0.221. The zero-order valence-electron chi connectivity index (χ0n) is 10.4. The van der Waals surface area contributed by atoms with Crippen molar-refractivity contribution in [1.29, 1.82) is 0 Å². The lowest BCUT2D eigenvalue weighted by molar-refractivity contribution is -0.00742. The highest BCUT2D eigenvalue weighted by Gasteiger charge is 2.29. The largest absolute Gasteiger partial charge is 0.384 e. The molecule has 0 aliphatic heterocycles. The van der Waals surface area contributed by atoms with Crippen molar-refractivity contribution >= 4 is 0 Å². The fourth-order valence-corrected chi connectivity index (χ4v) is 2.00. The monoisotopic (exact) mass is 202 g/mol. The summed E-state index contributed by atoms with van der Waals surface area (Å²) < 4.78 is 10.6. The van der Waals surface area contributed by atoms with Gasteiger partial charge in [0.25, 0.3) is 0 Å².